The third-order valence-electron chi connectivity index (χ3n) is 5.52. The molecule has 0 fully saturated rings. The summed E-state index contributed by atoms with van der Waals surface area (Å²) in [5.74, 6) is -0.643. The van der Waals surface area contributed by atoms with Gasteiger partial charge >= 0.3 is 11.9 Å². The Hall–Kier alpha value is -2.37. The molecule has 0 heterocycles. The van der Waals surface area contributed by atoms with Crippen molar-refractivity contribution in [2.75, 3.05) is 34.0 Å². The van der Waals surface area contributed by atoms with E-state index in [2.05, 4.69) is 27.5 Å². The molecular formula is C25H50N6O5. The van der Waals surface area contributed by atoms with Gasteiger partial charge in [0.15, 0.2) is 5.96 Å². The first-order chi connectivity index (χ1) is 16.7. The van der Waals surface area contributed by atoms with E-state index >= 15 is 0 Å². The number of aliphatic imine (C=N–C) groups is 1. The molecule has 0 aromatic carbocycles. The average molecular weight is 515 g/mol. The van der Waals surface area contributed by atoms with Gasteiger partial charge in [-0.05, 0) is 80.2 Å². The van der Waals surface area contributed by atoms with Crippen LogP contribution in [-0.4, -0.2) is 75.2 Å². The van der Waals surface area contributed by atoms with Crippen LogP contribution in [0, 0.1) is 0 Å². The van der Waals surface area contributed by atoms with Crippen LogP contribution in [0.2, 0.25) is 0 Å². The molecule has 0 aromatic heterocycles. The van der Waals surface area contributed by atoms with Crippen LogP contribution in [0.25, 0.3) is 0 Å². The van der Waals surface area contributed by atoms with Crippen LogP contribution >= 0.6 is 0 Å². The smallest absolute Gasteiger partial charge is 0.323 e. The molecular weight excluding hydrogens is 464 g/mol. The Balaban J connectivity index is 4.83. The number of likely N-dealkylation sites (N-methyl/N-ethyl adjacent to an activating group) is 1. The molecule has 0 aliphatic carbocycles. The van der Waals surface area contributed by atoms with Gasteiger partial charge in [-0.15, -0.1) is 0 Å². The molecule has 0 radical (unpaired) electrons. The molecule has 2 unspecified atom stereocenters. The van der Waals surface area contributed by atoms with Gasteiger partial charge in [0.1, 0.15) is 23.3 Å². The van der Waals surface area contributed by atoms with Crippen molar-refractivity contribution in [1.82, 2.24) is 16.0 Å². The minimum atomic E-state index is -0.744. The molecule has 0 saturated carbocycles. The van der Waals surface area contributed by atoms with E-state index in [9.17, 15) is 9.59 Å². The number of hydrogen-bond donors (Lipinski definition) is 5. The highest BCUT2D eigenvalue weighted by Crippen LogP contribution is 2.26. The highest BCUT2D eigenvalue weighted by molar-refractivity contribution is 5.77. The summed E-state index contributed by atoms with van der Waals surface area (Å²) in [4.78, 5) is 29.5. The lowest BCUT2D eigenvalue weighted by Gasteiger charge is -2.33. The van der Waals surface area contributed by atoms with E-state index in [0.717, 1.165) is 18.7 Å². The lowest BCUT2D eigenvalue weighted by Crippen LogP contribution is -2.44. The number of nitrogens with zero attached hydrogens (tertiary/aromatic N) is 1. The van der Waals surface area contributed by atoms with Gasteiger partial charge in [-0.1, -0.05) is 6.58 Å². The topological polar surface area (TPSA) is 162 Å². The minimum Gasteiger partial charge on any atom is -0.459 e. The molecule has 0 rings (SSSR count). The predicted octanol–water partition coefficient (Wildman–Crippen LogP) is 1.52. The lowest BCUT2D eigenvalue weighted by molar-refractivity contribution is -0.167. The standard InChI is InChI=1S/C25H50N6O5/c1-18(2)29-15-10-12-20(31-17-34-8)22(33)36-25(5,6)14-13-24(3,4)35-21(32)19(28-7)11-9-16-30-23(26)27/h19-20,28-29,31H,1,9-17H2,2-8H3,(H4,26,27,30). The van der Waals surface area contributed by atoms with Crippen LogP contribution in [0.1, 0.15) is 73.1 Å². The molecule has 11 nitrogen and oxygen atoms in total. The minimum absolute atomic E-state index is 0.0311. The van der Waals surface area contributed by atoms with Crippen molar-refractivity contribution in [2.45, 2.75) is 96.4 Å². The summed E-state index contributed by atoms with van der Waals surface area (Å²) in [5.41, 5.74) is 10.1. The summed E-state index contributed by atoms with van der Waals surface area (Å²) < 4.78 is 16.7. The summed E-state index contributed by atoms with van der Waals surface area (Å²) in [6.45, 7) is 14.5. The number of allylic oxidation sites excluding steroid dienone is 1. The van der Waals surface area contributed by atoms with Gasteiger partial charge in [-0.3, -0.25) is 19.9 Å². The van der Waals surface area contributed by atoms with Crippen molar-refractivity contribution < 1.29 is 23.8 Å². The number of methoxy groups -OCH3 is 1. The van der Waals surface area contributed by atoms with Gasteiger partial charge in [0.2, 0.25) is 0 Å². The summed E-state index contributed by atoms with van der Waals surface area (Å²) in [6, 6.07) is -0.950. The van der Waals surface area contributed by atoms with E-state index in [1.807, 2.05) is 34.6 Å². The highest BCUT2D eigenvalue weighted by Gasteiger charge is 2.33. The molecule has 0 spiro atoms. The number of guanidine groups is 1. The molecule has 0 saturated heterocycles. The number of carbonyl (C=O) groups excluding carboxylic acids is 2. The van der Waals surface area contributed by atoms with E-state index < -0.39 is 23.3 Å². The Bertz CT molecular complexity index is 707. The van der Waals surface area contributed by atoms with Crippen LogP contribution in [0.4, 0.5) is 0 Å². The molecule has 7 N–H and O–H groups in total. The largest absolute Gasteiger partial charge is 0.459 e. The molecule has 2 atom stereocenters. The number of nitrogens with one attached hydrogen (secondary N) is 3. The summed E-state index contributed by atoms with van der Waals surface area (Å²) in [6.07, 6.45) is 3.58. The zero-order valence-corrected chi connectivity index (χ0v) is 23.4. The van der Waals surface area contributed by atoms with Crippen molar-refractivity contribution in [3.8, 4) is 0 Å². The van der Waals surface area contributed by atoms with Crippen LogP contribution in [-0.2, 0) is 23.8 Å². The van der Waals surface area contributed by atoms with Crippen molar-refractivity contribution in [3.05, 3.63) is 12.3 Å². The number of esters is 2. The second-order valence-corrected chi connectivity index (χ2v) is 10.2. The summed E-state index contributed by atoms with van der Waals surface area (Å²) in [7, 11) is 3.28. The molecule has 0 aliphatic rings. The number of rotatable bonds is 20. The lowest BCUT2D eigenvalue weighted by atomic mass is 9.93. The van der Waals surface area contributed by atoms with Crippen molar-refractivity contribution in [3.63, 3.8) is 0 Å². The number of carbonyl (C=O) groups is 2. The van der Waals surface area contributed by atoms with E-state index in [1.165, 1.54) is 0 Å². The van der Waals surface area contributed by atoms with Crippen molar-refractivity contribution in [2.24, 2.45) is 16.5 Å². The number of nitrogens with two attached hydrogens (primary N) is 2. The zero-order valence-electron chi connectivity index (χ0n) is 23.4. The monoisotopic (exact) mass is 514 g/mol. The SMILES string of the molecule is C=C(C)NCCCC(NCOC)C(=O)OC(C)(C)CCC(C)(C)OC(=O)C(CCCN=C(N)N)NC. The Morgan fingerprint density at radius 2 is 1.50 bits per heavy atom. The Morgan fingerprint density at radius 3 is 1.97 bits per heavy atom. The van der Waals surface area contributed by atoms with Gasteiger partial charge in [0.25, 0.3) is 0 Å². The predicted molar refractivity (Wildman–Crippen MR) is 143 cm³/mol. The normalized spacial score (nSPS) is 13.4. The second-order valence-electron chi connectivity index (χ2n) is 10.2. The van der Waals surface area contributed by atoms with Gasteiger partial charge in [-0.25, -0.2) is 0 Å². The second kappa shape index (κ2) is 17.1. The van der Waals surface area contributed by atoms with Crippen LogP contribution < -0.4 is 27.4 Å². The number of ether oxygens (including phenoxy) is 3. The van der Waals surface area contributed by atoms with Gasteiger partial charge in [0, 0.05) is 25.9 Å². The highest BCUT2D eigenvalue weighted by atomic mass is 16.6. The fourth-order valence-electron chi connectivity index (χ4n) is 3.37. The van der Waals surface area contributed by atoms with Crippen LogP contribution in [0.3, 0.4) is 0 Å². The average Bonchev–Trinajstić information content (AvgIpc) is 2.76. The molecule has 210 valence electrons. The van der Waals surface area contributed by atoms with Crippen LogP contribution in [0.15, 0.2) is 17.3 Å². The fraction of sp³-hybridized carbons (Fsp3) is 0.800. The van der Waals surface area contributed by atoms with E-state index in [4.69, 9.17) is 25.7 Å². The van der Waals surface area contributed by atoms with Crippen molar-refractivity contribution in [1.29, 1.82) is 0 Å². The number of hydrogen-bond acceptors (Lipinski definition) is 9. The molecule has 0 amide bonds. The summed E-state index contributed by atoms with van der Waals surface area (Å²) >= 11 is 0. The van der Waals surface area contributed by atoms with Gasteiger partial charge in [-0.2, -0.15) is 0 Å². The Morgan fingerprint density at radius 1 is 0.972 bits per heavy atom. The first-order valence-corrected chi connectivity index (χ1v) is 12.5. The summed E-state index contributed by atoms with van der Waals surface area (Å²) in [5, 5.41) is 9.22. The maximum atomic E-state index is 12.9. The van der Waals surface area contributed by atoms with E-state index in [1.54, 1.807) is 14.2 Å². The first-order valence-electron chi connectivity index (χ1n) is 12.5. The fourth-order valence-corrected chi connectivity index (χ4v) is 3.37. The third-order valence-corrected chi connectivity index (χ3v) is 5.52. The van der Waals surface area contributed by atoms with E-state index in [0.29, 0.717) is 38.6 Å². The molecule has 36 heavy (non-hydrogen) atoms. The van der Waals surface area contributed by atoms with Gasteiger partial charge in [0.05, 0.1) is 6.73 Å². The zero-order chi connectivity index (χ0) is 27.8. The maximum Gasteiger partial charge on any atom is 0.323 e. The maximum absolute atomic E-state index is 12.9. The molecule has 0 aliphatic heterocycles. The Kier molecular flexibility index (Phi) is 16.0. The molecule has 11 heteroatoms. The van der Waals surface area contributed by atoms with E-state index in [-0.39, 0.29) is 24.6 Å². The first kappa shape index (κ1) is 33.6. The molecule has 0 bridgehead atoms. The van der Waals surface area contributed by atoms with Crippen molar-refractivity contribution >= 4 is 17.9 Å². The van der Waals surface area contributed by atoms with Crippen LogP contribution in [0.5, 0.6) is 0 Å². The third kappa shape index (κ3) is 16.3. The Labute approximate surface area is 217 Å². The van der Waals surface area contributed by atoms with Gasteiger partial charge < -0.3 is 36.3 Å². The molecule has 0 aromatic rings. The quantitative estimate of drug-likeness (QED) is 0.0529.